The summed E-state index contributed by atoms with van der Waals surface area (Å²) in [5, 5.41) is 20.3. The van der Waals surface area contributed by atoms with E-state index < -0.39 is 29.5 Å². The van der Waals surface area contributed by atoms with E-state index in [1.54, 1.807) is 24.3 Å². The molecule has 0 saturated heterocycles. The monoisotopic (exact) mass is 374 g/mol. The van der Waals surface area contributed by atoms with Gasteiger partial charge < -0.3 is 10.4 Å². The fourth-order valence-electron chi connectivity index (χ4n) is 2.97. The maximum absolute atomic E-state index is 12.9. The highest BCUT2D eigenvalue weighted by Crippen LogP contribution is 2.20. The second-order valence-electron chi connectivity index (χ2n) is 7.22. The first-order chi connectivity index (χ1) is 12.8. The molecule has 0 aliphatic carbocycles. The Labute approximate surface area is 157 Å². The third-order valence-electron chi connectivity index (χ3n) is 4.63. The van der Waals surface area contributed by atoms with Gasteiger partial charge in [-0.15, -0.1) is 5.10 Å². The van der Waals surface area contributed by atoms with E-state index in [-0.39, 0.29) is 11.8 Å². The number of benzene rings is 1. The molecule has 0 spiro atoms. The summed E-state index contributed by atoms with van der Waals surface area (Å²) >= 11 is 0. The topological polar surface area (TPSA) is 114 Å². The normalized spacial score (nSPS) is 14.7. The van der Waals surface area contributed by atoms with E-state index in [2.05, 4.69) is 15.6 Å². The van der Waals surface area contributed by atoms with Gasteiger partial charge in [-0.05, 0) is 30.4 Å². The molecule has 0 fully saturated rings. The number of fused-ring (bicyclic) bond motifs is 1. The first kappa shape index (κ1) is 20.5. The highest BCUT2D eigenvalue weighted by atomic mass is 16.4. The molecular weight excluding hydrogens is 348 g/mol. The average Bonchev–Trinajstić information content (AvgIpc) is 2.62. The molecule has 146 valence electrons. The van der Waals surface area contributed by atoms with Crippen LogP contribution in [0.3, 0.4) is 0 Å². The Morgan fingerprint density at radius 3 is 2.48 bits per heavy atom. The summed E-state index contributed by atoms with van der Waals surface area (Å²) in [7, 11) is 0. The van der Waals surface area contributed by atoms with Crippen molar-refractivity contribution in [1.82, 2.24) is 20.3 Å². The summed E-state index contributed by atoms with van der Waals surface area (Å²) in [5.41, 5.74) is 0.0297. The Morgan fingerprint density at radius 1 is 1.22 bits per heavy atom. The number of carbonyl (C=O) groups excluding carboxylic acids is 1. The van der Waals surface area contributed by atoms with Gasteiger partial charge in [0.05, 0.1) is 5.39 Å². The van der Waals surface area contributed by atoms with Crippen molar-refractivity contribution in [3.8, 4) is 0 Å². The Bertz CT molecular complexity index is 877. The molecule has 1 aromatic carbocycles. The Hall–Kier alpha value is -2.77. The summed E-state index contributed by atoms with van der Waals surface area (Å²) in [6.07, 6.45) is 0.910. The predicted octanol–water partition coefficient (Wildman–Crippen LogP) is 1.99. The highest BCUT2D eigenvalue weighted by Gasteiger charge is 2.32. The first-order valence-electron chi connectivity index (χ1n) is 9.13. The van der Waals surface area contributed by atoms with Gasteiger partial charge >= 0.3 is 5.97 Å². The summed E-state index contributed by atoms with van der Waals surface area (Å²) in [6, 6.07) is 4.82. The van der Waals surface area contributed by atoms with Crippen LogP contribution in [-0.2, 0) is 9.59 Å². The SMILES string of the molecule is CCC(C)C(C(=O)NC(CC(C)C)C(=O)O)n1nnc2ccccc2c1=O. The van der Waals surface area contributed by atoms with Crippen molar-refractivity contribution in [1.29, 1.82) is 0 Å². The molecule has 1 amide bonds. The van der Waals surface area contributed by atoms with Gasteiger partial charge in [-0.1, -0.05) is 51.5 Å². The maximum atomic E-state index is 12.9. The van der Waals surface area contributed by atoms with Gasteiger partial charge in [-0.2, -0.15) is 4.68 Å². The molecule has 3 atom stereocenters. The molecule has 0 aliphatic rings. The van der Waals surface area contributed by atoms with Crippen molar-refractivity contribution < 1.29 is 14.7 Å². The van der Waals surface area contributed by atoms with Crippen LogP contribution >= 0.6 is 0 Å². The molecule has 0 radical (unpaired) electrons. The van der Waals surface area contributed by atoms with Crippen LogP contribution in [0.5, 0.6) is 0 Å². The number of amides is 1. The van der Waals surface area contributed by atoms with Gasteiger partial charge in [0.25, 0.3) is 5.56 Å². The van der Waals surface area contributed by atoms with Crippen LogP contribution in [-0.4, -0.2) is 38.0 Å². The zero-order valence-corrected chi connectivity index (χ0v) is 16.0. The molecule has 0 aliphatic heterocycles. The highest BCUT2D eigenvalue weighted by molar-refractivity contribution is 5.86. The van der Waals surface area contributed by atoms with E-state index >= 15 is 0 Å². The number of aromatic nitrogens is 3. The number of hydrogen-bond acceptors (Lipinski definition) is 5. The molecule has 0 saturated carbocycles. The second-order valence-corrected chi connectivity index (χ2v) is 7.22. The fraction of sp³-hybridized carbons (Fsp3) is 0.526. The van der Waals surface area contributed by atoms with Crippen molar-refractivity contribution >= 4 is 22.8 Å². The van der Waals surface area contributed by atoms with Gasteiger partial charge in [0.2, 0.25) is 5.91 Å². The van der Waals surface area contributed by atoms with Crippen LogP contribution in [0.2, 0.25) is 0 Å². The van der Waals surface area contributed by atoms with Crippen LogP contribution in [0, 0.1) is 11.8 Å². The average molecular weight is 374 g/mol. The van der Waals surface area contributed by atoms with Crippen molar-refractivity contribution in [3.05, 3.63) is 34.6 Å². The van der Waals surface area contributed by atoms with Gasteiger partial charge in [0.1, 0.15) is 17.6 Å². The van der Waals surface area contributed by atoms with E-state index in [0.29, 0.717) is 23.7 Å². The lowest BCUT2D eigenvalue weighted by atomic mass is 9.97. The number of carboxylic acids is 1. The molecule has 2 aromatic rings. The Kier molecular flexibility index (Phi) is 6.65. The number of carboxylic acid groups (broad SMARTS) is 1. The van der Waals surface area contributed by atoms with E-state index in [1.807, 2.05) is 27.7 Å². The van der Waals surface area contributed by atoms with Crippen LogP contribution in [0.15, 0.2) is 29.1 Å². The number of rotatable bonds is 8. The minimum Gasteiger partial charge on any atom is -0.480 e. The van der Waals surface area contributed by atoms with Crippen molar-refractivity contribution in [2.24, 2.45) is 11.8 Å². The molecule has 2 rings (SSSR count). The summed E-state index contributed by atoms with van der Waals surface area (Å²) in [5.74, 6) is -1.77. The van der Waals surface area contributed by atoms with Gasteiger partial charge in [-0.3, -0.25) is 9.59 Å². The minimum atomic E-state index is -1.10. The summed E-state index contributed by atoms with van der Waals surface area (Å²) < 4.78 is 1.07. The zero-order chi connectivity index (χ0) is 20.1. The van der Waals surface area contributed by atoms with Crippen LogP contribution in [0.4, 0.5) is 0 Å². The summed E-state index contributed by atoms with van der Waals surface area (Å²) in [6.45, 7) is 7.49. The van der Waals surface area contributed by atoms with Crippen molar-refractivity contribution in [3.63, 3.8) is 0 Å². The minimum absolute atomic E-state index is 0.0941. The van der Waals surface area contributed by atoms with Gasteiger partial charge in [-0.25, -0.2) is 4.79 Å². The van der Waals surface area contributed by atoms with Crippen LogP contribution < -0.4 is 10.9 Å². The third-order valence-corrected chi connectivity index (χ3v) is 4.63. The number of aliphatic carboxylic acids is 1. The van der Waals surface area contributed by atoms with Crippen LogP contribution in [0.25, 0.3) is 10.9 Å². The number of carbonyl (C=O) groups is 2. The Morgan fingerprint density at radius 2 is 1.89 bits per heavy atom. The van der Waals surface area contributed by atoms with Gasteiger partial charge in [0, 0.05) is 0 Å². The lowest BCUT2D eigenvalue weighted by molar-refractivity contribution is -0.143. The number of hydrogen-bond donors (Lipinski definition) is 2. The molecular formula is C19H26N4O4. The van der Waals surface area contributed by atoms with Gasteiger partial charge in [0.15, 0.2) is 0 Å². The van der Waals surface area contributed by atoms with Crippen LogP contribution in [0.1, 0.15) is 46.6 Å². The second kappa shape index (κ2) is 8.75. The quantitative estimate of drug-likeness (QED) is 0.730. The molecule has 27 heavy (non-hydrogen) atoms. The predicted molar refractivity (Wildman–Crippen MR) is 101 cm³/mol. The Balaban J connectivity index is 2.44. The van der Waals surface area contributed by atoms with Crippen molar-refractivity contribution in [2.75, 3.05) is 0 Å². The lowest BCUT2D eigenvalue weighted by Gasteiger charge is -2.25. The molecule has 1 heterocycles. The molecule has 2 N–H and O–H groups in total. The van der Waals surface area contributed by atoms with E-state index in [4.69, 9.17) is 0 Å². The lowest BCUT2D eigenvalue weighted by Crippen LogP contribution is -2.48. The smallest absolute Gasteiger partial charge is 0.326 e. The van der Waals surface area contributed by atoms with E-state index in [9.17, 15) is 19.5 Å². The number of nitrogens with one attached hydrogen (secondary N) is 1. The molecule has 8 heteroatoms. The first-order valence-corrected chi connectivity index (χ1v) is 9.13. The molecule has 3 unspecified atom stereocenters. The fourth-order valence-corrected chi connectivity index (χ4v) is 2.97. The molecule has 8 nitrogen and oxygen atoms in total. The standard InChI is InChI=1S/C19H26N4O4/c1-5-12(4)16(17(24)20-15(19(26)27)10-11(2)3)23-18(25)13-8-6-7-9-14(13)21-22-23/h6-9,11-12,15-16H,5,10H2,1-4H3,(H,20,24)(H,26,27). The van der Waals surface area contributed by atoms with E-state index in [0.717, 1.165) is 4.68 Å². The zero-order valence-electron chi connectivity index (χ0n) is 16.0. The summed E-state index contributed by atoms with van der Waals surface area (Å²) in [4.78, 5) is 37.3. The third kappa shape index (κ3) is 4.69. The van der Waals surface area contributed by atoms with E-state index in [1.165, 1.54) is 0 Å². The maximum Gasteiger partial charge on any atom is 0.326 e. The largest absolute Gasteiger partial charge is 0.480 e. The molecule has 0 bridgehead atoms. The number of nitrogens with zero attached hydrogens (tertiary/aromatic N) is 3. The molecule has 1 aromatic heterocycles. The van der Waals surface area contributed by atoms with Crippen molar-refractivity contribution in [2.45, 2.75) is 52.6 Å².